The molecule has 0 saturated heterocycles. The van der Waals surface area contributed by atoms with Crippen molar-refractivity contribution in [2.75, 3.05) is 13.6 Å². The van der Waals surface area contributed by atoms with Gasteiger partial charge in [0.05, 0.1) is 6.54 Å². The average molecular weight is 204 g/mol. The quantitative estimate of drug-likeness (QED) is 0.379. The van der Waals surface area contributed by atoms with E-state index in [2.05, 4.69) is 10.6 Å². The molecule has 0 bridgehead atoms. The van der Waals surface area contributed by atoms with E-state index in [1.54, 1.807) is 0 Å². The van der Waals surface area contributed by atoms with Gasteiger partial charge in [-0.15, -0.1) is 0 Å². The highest BCUT2D eigenvalue weighted by Crippen LogP contribution is 1.95. The van der Waals surface area contributed by atoms with Crippen LogP contribution >= 0.6 is 0 Å². The van der Waals surface area contributed by atoms with Crippen molar-refractivity contribution in [2.24, 2.45) is 0 Å². The molecule has 6 nitrogen and oxygen atoms in total. The van der Waals surface area contributed by atoms with Gasteiger partial charge in [0.15, 0.2) is 0 Å². The number of aliphatic hydroxyl groups is 1. The van der Waals surface area contributed by atoms with E-state index < -0.39 is 18.2 Å². The summed E-state index contributed by atoms with van der Waals surface area (Å²) in [6, 6.07) is -0.815. The van der Waals surface area contributed by atoms with Gasteiger partial charge in [0.25, 0.3) is 0 Å². The second kappa shape index (κ2) is 6.47. The van der Waals surface area contributed by atoms with Crippen molar-refractivity contribution in [3.63, 3.8) is 0 Å². The van der Waals surface area contributed by atoms with Crippen LogP contribution in [0.15, 0.2) is 0 Å². The Bertz CT molecular complexity index is 208. The fraction of sp³-hybridized carbons (Fsp3) is 0.750. The maximum atomic E-state index is 10.5. The molecule has 0 fully saturated rings. The van der Waals surface area contributed by atoms with Crippen LogP contribution in [0.4, 0.5) is 0 Å². The summed E-state index contributed by atoms with van der Waals surface area (Å²) in [5.41, 5.74) is 0. The lowest BCUT2D eigenvalue weighted by atomic mass is 10.2. The van der Waals surface area contributed by atoms with E-state index >= 15 is 0 Å². The van der Waals surface area contributed by atoms with Crippen molar-refractivity contribution in [3.05, 3.63) is 0 Å². The Morgan fingerprint density at radius 3 is 2.36 bits per heavy atom. The van der Waals surface area contributed by atoms with Crippen molar-refractivity contribution >= 4 is 11.8 Å². The van der Waals surface area contributed by atoms with E-state index in [-0.39, 0.29) is 18.7 Å². The minimum atomic E-state index is -1.03. The number of likely N-dealkylation sites (N-methyl/N-ethyl adjacent to an activating group) is 1. The summed E-state index contributed by atoms with van der Waals surface area (Å²) in [4.78, 5) is 21.1. The SMILES string of the molecule is CNC(CC(O)NCC(C)=O)C(=O)O. The number of hydrogen-bond acceptors (Lipinski definition) is 5. The number of hydrogen-bond donors (Lipinski definition) is 4. The van der Waals surface area contributed by atoms with E-state index in [0.29, 0.717) is 0 Å². The van der Waals surface area contributed by atoms with Crippen molar-refractivity contribution in [3.8, 4) is 0 Å². The summed E-state index contributed by atoms with van der Waals surface area (Å²) in [5.74, 6) is -1.14. The number of rotatable bonds is 7. The predicted octanol–water partition coefficient (Wildman–Crippen LogP) is -1.45. The number of Topliss-reactive ketones (excluding diaryl/α,β-unsaturated/α-hetero) is 1. The van der Waals surface area contributed by atoms with Gasteiger partial charge >= 0.3 is 5.97 Å². The molecule has 2 unspecified atom stereocenters. The van der Waals surface area contributed by atoms with Crippen LogP contribution in [0, 0.1) is 0 Å². The Morgan fingerprint density at radius 2 is 2.00 bits per heavy atom. The highest BCUT2D eigenvalue weighted by molar-refractivity contribution is 5.77. The predicted molar refractivity (Wildman–Crippen MR) is 49.8 cm³/mol. The molecule has 0 rings (SSSR count). The summed E-state index contributed by atoms with van der Waals surface area (Å²) in [7, 11) is 1.50. The standard InChI is InChI=1S/C8H16N2O4/c1-5(11)4-10-7(12)3-6(9-2)8(13)14/h6-7,9-10,12H,3-4H2,1-2H3,(H,13,14). The van der Waals surface area contributed by atoms with Gasteiger partial charge in [0, 0.05) is 6.42 Å². The maximum Gasteiger partial charge on any atom is 0.320 e. The topological polar surface area (TPSA) is 98.7 Å². The van der Waals surface area contributed by atoms with Crippen LogP contribution in [0.25, 0.3) is 0 Å². The molecular formula is C8H16N2O4. The van der Waals surface area contributed by atoms with Gasteiger partial charge in [-0.05, 0) is 14.0 Å². The lowest BCUT2D eigenvalue weighted by molar-refractivity contribution is -0.140. The molecule has 0 aromatic rings. The molecule has 0 aromatic carbocycles. The van der Waals surface area contributed by atoms with Crippen molar-refractivity contribution in [2.45, 2.75) is 25.6 Å². The molecule has 82 valence electrons. The maximum absolute atomic E-state index is 10.5. The van der Waals surface area contributed by atoms with Gasteiger partial charge in [-0.1, -0.05) is 0 Å². The van der Waals surface area contributed by atoms with Crippen LogP contribution in [0.3, 0.4) is 0 Å². The summed E-state index contributed by atoms with van der Waals surface area (Å²) < 4.78 is 0. The smallest absolute Gasteiger partial charge is 0.320 e. The van der Waals surface area contributed by atoms with Gasteiger partial charge in [0.2, 0.25) is 0 Å². The minimum absolute atomic E-state index is 0.0130. The van der Waals surface area contributed by atoms with Gasteiger partial charge in [-0.3, -0.25) is 14.9 Å². The molecule has 0 radical (unpaired) electrons. The molecule has 2 atom stereocenters. The van der Waals surface area contributed by atoms with E-state index in [4.69, 9.17) is 5.11 Å². The number of ketones is 1. The Balaban J connectivity index is 3.84. The normalized spacial score (nSPS) is 14.8. The first-order chi connectivity index (χ1) is 6.47. The third-order valence-electron chi connectivity index (χ3n) is 1.69. The van der Waals surface area contributed by atoms with Gasteiger partial charge < -0.3 is 15.5 Å². The first-order valence-electron chi connectivity index (χ1n) is 4.28. The molecule has 0 saturated carbocycles. The Labute approximate surface area is 82.3 Å². The van der Waals surface area contributed by atoms with E-state index in [9.17, 15) is 14.7 Å². The number of aliphatic carboxylic acids is 1. The van der Waals surface area contributed by atoms with Crippen molar-refractivity contribution < 1.29 is 19.8 Å². The number of aliphatic hydroxyl groups excluding tert-OH is 1. The molecule has 6 heteroatoms. The zero-order valence-corrected chi connectivity index (χ0v) is 8.28. The molecule has 0 aliphatic carbocycles. The third kappa shape index (κ3) is 5.63. The average Bonchev–Trinajstić information content (AvgIpc) is 2.10. The molecule has 0 spiro atoms. The van der Waals surface area contributed by atoms with Gasteiger partial charge in [-0.25, -0.2) is 0 Å². The summed E-state index contributed by atoms with van der Waals surface area (Å²) in [5, 5.41) is 23.0. The first kappa shape index (κ1) is 13.0. The lowest BCUT2D eigenvalue weighted by Crippen LogP contribution is -2.42. The summed E-state index contributed by atoms with van der Waals surface area (Å²) >= 11 is 0. The van der Waals surface area contributed by atoms with Crippen LogP contribution in [0.2, 0.25) is 0 Å². The molecule has 4 N–H and O–H groups in total. The van der Waals surface area contributed by atoms with E-state index in [0.717, 1.165) is 0 Å². The van der Waals surface area contributed by atoms with Crippen molar-refractivity contribution in [1.82, 2.24) is 10.6 Å². The van der Waals surface area contributed by atoms with Crippen LogP contribution in [-0.4, -0.2) is 47.8 Å². The highest BCUT2D eigenvalue weighted by atomic mass is 16.4. The molecule has 0 aliphatic heterocycles. The zero-order valence-electron chi connectivity index (χ0n) is 8.28. The number of nitrogens with one attached hydrogen (secondary N) is 2. The van der Waals surface area contributed by atoms with Crippen LogP contribution in [-0.2, 0) is 9.59 Å². The third-order valence-corrected chi connectivity index (χ3v) is 1.69. The molecule has 0 aliphatic rings. The summed E-state index contributed by atoms with van der Waals surface area (Å²) in [6.45, 7) is 1.42. The number of carbonyl (C=O) groups is 2. The highest BCUT2D eigenvalue weighted by Gasteiger charge is 2.18. The second-order valence-electron chi connectivity index (χ2n) is 3.01. The Hall–Kier alpha value is -0.980. The molecule has 0 heterocycles. The number of carboxylic acid groups (broad SMARTS) is 1. The zero-order chi connectivity index (χ0) is 11.1. The largest absolute Gasteiger partial charge is 0.480 e. The fourth-order valence-electron chi connectivity index (χ4n) is 0.910. The Kier molecular flexibility index (Phi) is 6.02. The fourth-order valence-corrected chi connectivity index (χ4v) is 0.910. The lowest BCUT2D eigenvalue weighted by Gasteiger charge is -2.16. The van der Waals surface area contributed by atoms with Crippen molar-refractivity contribution in [1.29, 1.82) is 0 Å². The Morgan fingerprint density at radius 1 is 1.43 bits per heavy atom. The van der Waals surface area contributed by atoms with Gasteiger partial charge in [0.1, 0.15) is 18.1 Å². The first-order valence-corrected chi connectivity index (χ1v) is 4.28. The molecule has 0 amide bonds. The number of carbonyl (C=O) groups excluding carboxylic acids is 1. The van der Waals surface area contributed by atoms with Crippen LogP contribution in [0.5, 0.6) is 0 Å². The van der Waals surface area contributed by atoms with E-state index in [1.165, 1.54) is 14.0 Å². The molecular weight excluding hydrogens is 188 g/mol. The molecule has 14 heavy (non-hydrogen) atoms. The summed E-state index contributed by atoms with van der Waals surface area (Å²) in [6.07, 6.45) is -0.980. The van der Waals surface area contributed by atoms with Gasteiger partial charge in [-0.2, -0.15) is 0 Å². The second-order valence-corrected chi connectivity index (χ2v) is 3.01. The monoisotopic (exact) mass is 204 g/mol. The van der Waals surface area contributed by atoms with Crippen LogP contribution in [0.1, 0.15) is 13.3 Å². The number of carboxylic acids is 1. The molecule has 0 aromatic heterocycles. The van der Waals surface area contributed by atoms with Crippen LogP contribution < -0.4 is 10.6 Å². The van der Waals surface area contributed by atoms with E-state index in [1.807, 2.05) is 0 Å². The minimum Gasteiger partial charge on any atom is -0.480 e.